The van der Waals surface area contributed by atoms with E-state index in [9.17, 15) is 9.59 Å². The molecule has 0 aliphatic rings. The predicted molar refractivity (Wildman–Crippen MR) is 82.1 cm³/mol. The summed E-state index contributed by atoms with van der Waals surface area (Å²) in [4.78, 5) is 27.6. The summed E-state index contributed by atoms with van der Waals surface area (Å²) in [5, 5.41) is 4.48. The number of pyridine rings is 1. The van der Waals surface area contributed by atoms with Crippen LogP contribution in [0.3, 0.4) is 0 Å². The van der Waals surface area contributed by atoms with Gasteiger partial charge < -0.3 is 11.1 Å². The Morgan fingerprint density at radius 2 is 1.90 bits per heavy atom. The molecule has 2 amide bonds. The van der Waals surface area contributed by atoms with E-state index in [1.807, 2.05) is 12.1 Å². The highest BCUT2D eigenvalue weighted by Crippen LogP contribution is 2.24. The third kappa shape index (κ3) is 3.13. The zero-order valence-electron chi connectivity index (χ0n) is 11.8. The lowest BCUT2D eigenvalue weighted by Crippen LogP contribution is -2.42. The van der Waals surface area contributed by atoms with E-state index in [2.05, 4.69) is 10.3 Å². The molecule has 0 saturated carbocycles. The first-order chi connectivity index (χ1) is 9.83. The number of carbonyl (C=O) groups is 2. The van der Waals surface area contributed by atoms with Crippen LogP contribution in [0.4, 0.5) is 0 Å². The van der Waals surface area contributed by atoms with Gasteiger partial charge in [0.25, 0.3) is 5.91 Å². The number of amides is 2. The minimum Gasteiger partial charge on any atom is -0.369 e. The largest absolute Gasteiger partial charge is 0.369 e. The first-order valence-corrected chi connectivity index (χ1v) is 6.82. The Hall–Kier alpha value is -2.14. The summed E-state index contributed by atoms with van der Waals surface area (Å²) in [5.41, 5.74) is 4.88. The summed E-state index contributed by atoms with van der Waals surface area (Å²) in [5.74, 6) is -0.786. The fourth-order valence-corrected chi connectivity index (χ4v) is 2.04. The van der Waals surface area contributed by atoms with E-state index in [-0.39, 0.29) is 12.5 Å². The smallest absolute Gasteiger partial charge is 0.253 e. The molecule has 5 nitrogen and oxygen atoms in total. The maximum absolute atomic E-state index is 12.3. The van der Waals surface area contributed by atoms with Gasteiger partial charge in [-0.25, -0.2) is 4.98 Å². The zero-order valence-corrected chi connectivity index (χ0v) is 12.6. The number of benzene rings is 1. The van der Waals surface area contributed by atoms with Crippen molar-refractivity contribution in [2.45, 2.75) is 13.8 Å². The van der Waals surface area contributed by atoms with Crippen LogP contribution < -0.4 is 11.1 Å². The fourth-order valence-electron chi connectivity index (χ4n) is 1.82. The Labute approximate surface area is 127 Å². The molecule has 2 aromatic rings. The molecule has 0 bridgehead atoms. The molecule has 21 heavy (non-hydrogen) atoms. The second-order valence-electron chi connectivity index (χ2n) is 5.44. The van der Waals surface area contributed by atoms with Gasteiger partial charge in [-0.1, -0.05) is 35.9 Å². The van der Waals surface area contributed by atoms with Crippen molar-refractivity contribution in [2.24, 2.45) is 11.1 Å². The molecule has 1 aromatic heterocycles. The van der Waals surface area contributed by atoms with E-state index in [1.165, 1.54) is 6.20 Å². The molecule has 0 aliphatic heterocycles. The quantitative estimate of drug-likeness (QED) is 0.849. The number of nitrogens with zero attached hydrogens (tertiary/aromatic N) is 1. The first-order valence-electron chi connectivity index (χ1n) is 6.44. The third-order valence-electron chi connectivity index (χ3n) is 3.35. The van der Waals surface area contributed by atoms with E-state index in [0.717, 1.165) is 0 Å². The summed E-state index contributed by atoms with van der Waals surface area (Å²) >= 11 is 6.02. The van der Waals surface area contributed by atoms with E-state index in [1.54, 1.807) is 26.0 Å². The van der Waals surface area contributed by atoms with E-state index < -0.39 is 11.3 Å². The van der Waals surface area contributed by atoms with Gasteiger partial charge in [0.05, 0.1) is 11.0 Å². The van der Waals surface area contributed by atoms with E-state index in [0.29, 0.717) is 21.5 Å². The number of carbonyl (C=O) groups excluding carboxylic acids is 2. The maximum atomic E-state index is 12.3. The van der Waals surface area contributed by atoms with Gasteiger partial charge >= 0.3 is 0 Å². The van der Waals surface area contributed by atoms with Crippen molar-refractivity contribution in [1.82, 2.24) is 10.3 Å². The number of hydrogen-bond donors (Lipinski definition) is 2. The van der Waals surface area contributed by atoms with Crippen LogP contribution in [0.25, 0.3) is 10.8 Å². The Bertz CT molecular complexity index is 713. The third-order valence-corrected chi connectivity index (χ3v) is 3.65. The van der Waals surface area contributed by atoms with Crippen molar-refractivity contribution in [3.63, 3.8) is 0 Å². The topological polar surface area (TPSA) is 85.1 Å². The highest BCUT2D eigenvalue weighted by molar-refractivity contribution is 6.34. The van der Waals surface area contributed by atoms with Crippen molar-refractivity contribution in [3.8, 4) is 0 Å². The standard InChI is InChI=1S/C15H16ClN3O2/c1-15(2,14(17)21)8-19-13(20)11-7-18-12(16)10-6-4-3-5-9(10)11/h3-7H,8H2,1-2H3,(H2,17,21)(H,19,20). The molecule has 0 atom stereocenters. The zero-order chi connectivity index (χ0) is 15.6. The average molecular weight is 306 g/mol. The van der Waals surface area contributed by atoms with E-state index >= 15 is 0 Å². The highest BCUT2D eigenvalue weighted by Gasteiger charge is 2.26. The Morgan fingerprint density at radius 1 is 1.29 bits per heavy atom. The van der Waals surface area contributed by atoms with Crippen LogP contribution in [0.5, 0.6) is 0 Å². The molecule has 1 heterocycles. The SMILES string of the molecule is CC(C)(CNC(=O)c1cnc(Cl)c2ccccc12)C(N)=O. The lowest BCUT2D eigenvalue weighted by Gasteiger charge is -2.20. The fraction of sp³-hybridized carbons (Fsp3) is 0.267. The van der Waals surface area contributed by atoms with Gasteiger partial charge in [-0.3, -0.25) is 9.59 Å². The molecule has 1 aromatic carbocycles. The number of nitrogens with two attached hydrogens (primary N) is 1. The second kappa shape index (κ2) is 5.69. The van der Waals surface area contributed by atoms with Crippen LogP contribution >= 0.6 is 11.6 Å². The van der Waals surface area contributed by atoms with Gasteiger partial charge in [0.2, 0.25) is 5.91 Å². The number of halogens is 1. The van der Waals surface area contributed by atoms with Gasteiger partial charge in [-0.15, -0.1) is 0 Å². The molecule has 0 radical (unpaired) electrons. The second-order valence-corrected chi connectivity index (χ2v) is 5.80. The number of fused-ring (bicyclic) bond motifs is 1. The molecule has 2 rings (SSSR count). The van der Waals surface area contributed by atoms with Crippen LogP contribution in [0.1, 0.15) is 24.2 Å². The van der Waals surface area contributed by atoms with Gasteiger partial charge in [0.1, 0.15) is 5.15 Å². The van der Waals surface area contributed by atoms with Crippen molar-refractivity contribution < 1.29 is 9.59 Å². The monoisotopic (exact) mass is 305 g/mol. The van der Waals surface area contributed by atoms with Gasteiger partial charge in [0, 0.05) is 18.1 Å². The summed E-state index contributed by atoms with van der Waals surface area (Å²) < 4.78 is 0. The summed E-state index contributed by atoms with van der Waals surface area (Å²) in [6, 6.07) is 7.25. The van der Waals surface area contributed by atoms with E-state index in [4.69, 9.17) is 17.3 Å². The molecule has 0 spiro atoms. The van der Waals surface area contributed by atoms with Crippen molar-refractivity contribution >= 4 is 34.2 Å². The summed E-state index contributed by atoms with van der Waals surface area (Å²) in [6.07, 6.45) is 1.43. The van der Waals surface area contributed by atoms with Gasteiger partial charge in [-0.05, 0) is 19.2 Å². The normalized spacial score (nSPS) is 11.4. The lowest BCUT2D eigenvalue weighted by molar-refractivity contribution is -0.125. The molecular formula is C15H16ClN3O2. The number of rotatable bonds is 4. The van der Waals surface area contributed by atoms with Crippen molar-refractivity contribution in [1.29, 1.82) is 0 Å². The number of hydrogen-bond acceptors (Lipinski definition) is 3. The Kier molecular flexibility index (Phi) is 4.14. The van der Waals surface area contributed by atoms with Crippen molar-refractivity contribution in [3.05, 3.63) is 41.2 Å². The van der Waals surface area contributed by atoms with Crippen molar-refractivity contribution in [2.75, 3.05) is 6.54 Å². The molecule has 0 saturated heterocycles. The average Bonchev–Trinajstić information content (AvgIpc) is 2.45. The van der Waals surface area contributed by atoms with Gasteiger partial charge in [-0.2, -0.15) is 0 Å². The van der Waals surface area contributed by atoms with Crippen LogP contribution in [-0.4, -0.2) is 23.3 Å². The molecular weight excluding hydrogens is 290 g/mol. The Morgan fingerprint density at radius 3 is 2.52 bits per heavy atom. The number of aromatic nitrogens is 1. The molecule has 6 heteroatoms. The van der Waals surface area contributed by atoms with Crippen LogP contribution in [0, 0.1) is 5.41 Å². The molecule has 110 valence electrons. The highest BCUT2D eigenvalue weighted by atomic mass is 35.5. The maximum Gasteiger partial charge on any atom is 0.253 e. The summed E-state index contributed by atoms with van der Waals surface area (Å²) in [6.45, 7) is 3.50. The number of nitrogens with one attached hydrogen (secondary N) is 1. The minimum atomic E-state index is -0.814. The number of primary amides is 1. The lowest BCUT2D eigenvalue weighted by atomic mass is 9.92. The van der Waals surface area contributed by atoms with Gasteiger partial charge in [0.15, 0.2) is 0 Å². The minimum absolute atomic E-state index is 0.151. The predicted octanol–water partition coefficient (Wildman–Crippen LogP) is 2.13. The summed E-state index contributed by atoms with van der Waals surface area (Å²) in [7, 11) is 0. The molecule has 0 aliphatic carbocycles. The Balaban J connectivity index is 2.29. The van der Waals surface area contributed by atoms with Crippen LogP contribution in [0.2, 0.25) is 5.15 Å². The van der Waals surface area contributed by atoms with Crippen LogP contribution in [-0.2, 0) is 4.79 Å². The molecule has 0 unspecified atom stereocenters. The molecule has 0 fully saturated rings. The van der Waals surface area contributed by atoms with Crippen LogP contribution in [0.15, 0.2) is 30.5 Å². The first kappa shape index (κ1) is 15.3. The molecule has 3 N–H and O–H groups in total.